The molecule has 0 radical (unpaired) electrons. The van der Waals surface area contributed by atoms with Gasteiger partial charge >= 0.3 is 5.97 Å². The van der Waals surface area contributed by atoms with E-state index in [2.05, 4.69) is 13.2 Å². The fraction of sp³-hybridized carbons (Fsp3) is 0.500. The fourth-order valence-corrected chi connectivity index (χ4v) is 0.975. The van der Waals surface area contributed by atoms with Gasteiger partial charge in [0.1, 0.15) is 6.10 Å². The average Bonchev–Trinajstić information content (AvgIpc) is 2.02. The van der Waals surface area contributed by atoms with Crippen molar-refractivity contribution < 1.29 is 9.53 Å². The van der Waals surface area contributed by atoms with Gasteiger partial charge in [0.25, 0.3) is 0 Å². The normalized spacial score (nSPS) is 12.2. The molecule has 3 nitrogen and oxygen atoms in total. The molecule has 3 heteroatoms. The largest absolute Gasteiger partial charge is 0.457 e. The lowest BCUT2D eigenvalue weighted by Crippen LogP contribution is -2.30. The molecule has 0 spiro atoms. The van der Waals surface area contributed by atoms with Crippen LogP contribution in [0.4, 0.5) is 0 Å². The highest BCUT2D eigenvalue weighted by Crippen LogP contribution is 1.97. The molecule has 0 aliphatic carbocycles. The van der Waals surface area contributed by atoms with Crippen molar-refractivity contribution in [3.63, 3.8) is 0 Å². The summed E-state index contributed by atoms with van der Waals surface area (Å²) in [6.45, 7) is 10.0. The highest BCUT2D eigenvalue weighted by molar-refractivity contribution is 5.66. The van der Waals surface area contributed by atoms with Crippen LogP contribution in [0.5, 0.6) is 0 Å². The van der Waals surface area contributed by atoms with Crippen LogP contribution in [0.3, 0.4) is 0 Å². The van der Waals surface area contributed by atoms with Crippen LogP contribution in [0, 0.1) is 0 Å². The second kappa shape index (κ2) is 6.43. The number of carbonyl (C=O) groups is 1. The first kappa shape index (κ1) is 11.9. The van der Waals surface area contributed by atoms with Gasteiger partial charge in [0, 0.05) is 20.0 Å². The molecule has 0 aromatic rings. The zero-order valence-corrected chi connectivity index (χ0v) is 8.32. The van der Waals surface area contributed by atoms with E-state index in [1.54, 1.807) is 12.2 Å². The number of ether oxygens (including phenoxy) is 1. The maximum atomic E-state index is 10.6. The Balaban J connectivity index is 3.88. The highest BCUT2D eigenvalue weighted by Gasteiger charge is 2.09. The zero-order valence-electron chi connectivity index (χ0n) is 8.32. The Morgan fingerprint density at radius 2 is 2.23 bits per heavy atom. The number of rotatable bonds is 6. The van der Waals surface area contributed by atoms with Crippen molar-refractivity contribution >= 4 is 5.97 Å². The Morgan fingerprint density at radius 1 is 1.62 bits per heavy atom. The Kier molecular flexibility index (Phi) is 5.89. The molecule has 0 fully saturated rings. The summed E-state index contributed by atoms with van der Waals surface area (Å²) in [6.07, 6.45) is 3.19. The van der Waals surface area contributed by atoms with Gasteiger partial charge in [-0.05, 0) is 7.05 Å². The van der Waals surface area contributed by atoms with Crippen LogP contribution < -0.4 is 0 Å². The molecule has 0 aromatic carbocycles. The van der Waals surface area contributed by atoms with Gasteiger partial charge in [-0.25, -0.2) is 0 Å². The van der Waals surface area contributed by atoms with E-state index in [1.807, 2.05) is 11.9 Å². The van der Waals surface area contributed by atoms with Gasteiger partial charge in [0.05, 0.1) is 0 Å². The number of hydrogen-bond donors (Lipinski definition) is 0. The molecule has 0 saturated heterocycles. The van der Waals surface area contributed by atoms with Gasteiger partial charge in [-0.1, -0.05) is 18.7 Å². The molecule has 0 amide bonds. The van der Waals surface area contributed by atoms with Crippen LogP contribution in [-0.4, -0.2) is 37.1 Å². The fourth-order valence-electron chi connectivity index (χ4n) is 0.975. The van der Waals surface area contributed by atoms with Crippen molar-refractivity contribution in [2.75, 3.05) is 20.1 Å². The molecule has 0 heterocycles. The van der Waals surface area contributed by atoms with Crippen molar-refractivity contribution in [2.45, 2.75) is 13.0 Å². The number of nitrogens with zero attached hydrogens (tertiary/aromatic N) is 1. The summed E-state index contributed by atoms with van der Waals surface area (Å²) >= 11 is 0. The molecular formula is C10H17NO2. The van der Waals surface area contributed by atoms with E-state index >= 15 is 0 Å². The monoisotopic (exact) mass is 183 g/mol. The quantitative estimate of drug-likeness (QED) is 0.458. The van der Waals surface area contributed by atoms with Crippen LogP contribution in [-0.2, 0) is 9.53 Å². The highest BCUT2D eigenvalue weighted by atomic mass is 16.5. The minimum absolute atomic E-state index is 0.234. The smallest absolute Gasteiger partial charge is 0.303 e. The van der Waals surface area contributed by atoms with E-state index in [-0.39, 0.29) is 12.1 Å². The van der Waals surface area contributed by atoms with Crippen LogP contribution >= 0.6 is 0 Å². The van der Waals surface area contributed by atoms with Crippen molar-refractivity contribution in [2.24, 2.45) is 0 Å². The van der Waals surface area contributed by atoms with E-state index in [9.17, 15) is 4.79 Å². The third-order valence-electron chi connectivity index (χ3n) is 1.51. The second-order valence-electron chi connectivity index (χ2n) is 2.89. The molecular weight excluding hydrogens is 166 g/mol. The maximum absolute atomic E-state index is 10.6. The van der Waals surface area contributed by atoms with E-state index in [0.717, 1.165) is 6.54 Å². The summed E-state index contributed by atoms with van der Waals surface area (Å²) in [5, 5.41) is 0. The summed E-state index contributed by atoms with van der Waals surface area (Å²) in [5.74, 6) is -0.281. The second-order valence-corrected chi connectivity index (χ2v) is 2.89. The maximum Gasteiger partial charge on any atom is 0.303 e. The summed E-state index contributed by atoms with van der Waals surface area (Å²) in [7, 11) is 1.93. The Bertz CT molecular complexity index is 189. The lowest BCUT2D eigenvalue weighted by Gasteiger charge is -2.19. The topological polar surface area (TPSA) is 29.5 Å². The van der Waals surface area contributed by atoms with Crippen LogP contribution in [0.1, 0.15) is 6.92 Å². The number of esters is 1. The van der Waals surface area contributed by atoms with Gasteiger partial charge in [-0.2, -0.15) is 0 Å². The summed E-state index contributed by atoms with van der Waals surface area (Å²) < 4.78 is 4.98. The molecule has 0 rings (SSSR count). The first-order chi connectivity index (χ1) is 6.10. The van der Waals surface area contributed by atoms with E-state index < -0.39 is 0 Å². The molecule has 13 heavy (non-hydrogen) atoms. The third-order valence-corrected chi connectivity index (χ3v) is 1.51. The Hall–Kier alpha value is -1.09. The van der Waals surface area contributed by atoms with Crippen LogP contribution in [0.25, 0.3) is 0 Å². The average molecular weight is 183 g/mol. The van der Waals surface area contributed by atoms with E-state index in [1.165, 1.54) is 6.92 Å². The Labute approximate surface area is 79.7 Å². The molecule has 0 N–H and O–H groups in total. The summed E-state index contributed by atoms with van der Waals surface area (Å²) in [4.78, 5) is 12.6. The third kappa shape index (κ3) is 6.11. The predicted octanol–water partition coefficient (Wildman–Crippen LogP) is 1.22. The zero-order chi connectivity index (χ0) is 10.3. The summed E-state index contributed by atoms with van der Waals surface area (Å²) in [6, 6.07) is 0. The first-order valence-corrected chi connectivity index (χ1v) is 4.19. The van der Waals surface area contributed by atoms with Gasteiger partial charge < -0.3 is 4.74 Å². The van der Waals surface area contributed by atoms with E-state index in [4.69, 9.17) is 4.74 Å². The minimum Gasteiger partial charge on any atom is -0.457 e. The molecule has 0 aliphatic rings. The van der Waals surface area contributed by atoms with Crippen molar-refractivity contribution in [1.82, 2.24) is 4.90 Å². The minimum atomic E-state index is -0.281. The molecule has 74 valence electrons. The van der Waals surface area contributed by atoms with Gasteiger partial charge in [-0.3, -0.25) is 9.69 Å². The van der Waals surface area contributed by atoms with Crippen molar-refractivity contribution in [3.8, 4) is 0 Å². The van der Waals surface area contributed by atoms with E-state index in [0.29, 0.717) is 6.54 Å². The predicted molar refractivity (Wildman–Crippen MR) is 53.4 cm³/mol. The standard InChI is InChI=1S/C10H17NO2/c1-5-7-11(4)8-10(6-2)13-9(3)12/h5-6,10H,1-2,7-8H2,3-4H3. The van der Waals surface area contributed by atoms with Crippen molar-refractivity contribution in [1.29, 1.82) is 0 Å². The Morgan fingerprint density at radius 3 is 2.62 bits per heavy atom. The lowest BCUT2D eigenvalue weighted by molar-refractivity contribution is -0.144. The van der Waals surface area contributed by atoms with Gasteiger partial charge in [0.15, 0.2) is 0 Å². The SMILES string of the molecule is C=CCN(C)CC(C=C)OC(C)=O. The number of likely N-dealkylation sites (N-methyl/N-ethyl adjacent to an activating group) is 1. The number of carbonyl (C=O) groups excluding carboxylic acids is 1. The first-order valence-electron chi connectivity index (χ1n) is 4.19. The molecule has 0 aromatic heterocycles. The van der Waals surface area contributed by atoms with Gasteiger partial charge in [-0.15, -0.1) is 6.58 Å². The lowest BCUT2D eigenvalue weighted by atomic mass is 10.3. The van der Waals surface area contributed by atoms with Crippen molar-refractivity contribution in [3.05, 3.63) is 25.3 Å². The van der Waals surface area contributed by atoms with Gasteiger partial charge in [0.2, 0.25) is 0 Å². The number of hydrogen-bond acceptors (Lipinski definition) is 3. The molecule has 1 unspecified atom stereocenters. The van der Waals surface area contributed by atoms with Crippen LogP contribution in [0.2, 0.25) is 0 Å². The molecule has 0 saturated carbocycles. The molecule has 0 aliphatic heterocycles. The van der Waals surface area contributed by atoms with Crippen LogP contribution in [0.15, 0.2) is 25.3 Å². The molecule has 0 bridgehead atoms. The summed E-state index contributed by atoms with van der Waals surface area (Å²) in [5.41, 5.74) is 0. The molecule has 1 atom stereocenters.